The number of carbonyl (C=O) groups excluding carboxylic acids is 2. The Labute approximate surface area is 365 Å². The fraction of sp³-hybridized carbons (Fsp3) is 0.409. The number of fused-ring (bicyclic) bond motifs is 6. The quantitative estimate of drug-likeness (QED) is 0.176. The third kappa shape index (κ3) is 7.71. The van der Waals surface area contributed by atoms with E-state index >= 15 is 0 Å². The summed E-state index contributed by atoms with van der Waals surface area (Å²) >= 11 is 12.6. The van der Waals surface area contributed by atoms with Gasteiger partial charge in [-0.2, -0.15) is 10.2 Å². The lowest BCUT2D eigenvalue weighted by atomic mass is 10.1. The average molecular weight is 890 g/mol. The van der Waals surface area contributed by atoms with Crippen molar-refractivity contribution in [2.24, 2.45) is 0 Å². The van der Waals surface area contributed by atoms with Crippen LogP contribution in [0.4, 0.5) is 8.78 Å². The minimum atomic E-state index is -0.473. The molecule has 62 heavy (non-hydrogen) atoms. The van der Waals surface area contributed by atoms with E-state index in [4.69, 9.17) is 32.7 Å². The van der Waals surface area contributed by atoms with Gasteiger partial charge in [0.05, 0.1) is 93.7 Å². The highest BCUT2D eigenvalue weighted by molar-refractivity contribution is 6.32. The zero-order valence-electron chi connectivity index (χ0n) is 34.5. The number of aliphatic hydroxyl groups is 2. The molecule has 4 aliphatic rings. The average Bonchev–Trinajstić information content (AvgIpc) is 4.10. The number of hydrogen-bond donors (Lipinski definition) is 2. The molecule has 0 saturated heterocycles. The van der Waals surface area contributed by atoms with E-state index in [0.717, 1.165) is 33.9 Å². The van der Waals surface area contributed by atoms with E-state index in [2.05, 4.69) is 20.2 Å². The highest BCUT2D eigenvalue weighted by Gasteiger charge is 2.35. The van der Waals surface area contributed by atoms with Crippen LogP contribution < -0.4 is 9.47 Å². The molecule has 6 aromatic rings. The number of amides is 2. The Kier molecular flexibility index (Phi) is 11.1. The van der Waals surface area contributed by atoms with E-state index in [1.54, 1.807) is 18.8 Å². The van der Waals surface area contributed by atoms with Crippen LogP contribution in [0.1, 0.15) is 105 Å². The Balaban J connectivity index is 0.000000158. The van der Waals surface area contributed by atoms with Gasteiger partial charge in [0.1, 0.15) is 35.3 Å². The van der Waals surface area contributed by atoms with Gasteiger partial charge in [-0.3, -0.25) is 9.59 Å². The maximum atomic E-state index is 13.9. The number of rotatable bonds is 6. The highest BCUT2D eigenvalue weighted by Crippen LogP contribution is 2.35. The van der Waals surface area contributed by atoms with E-state index in [1.165, 1.54) is 36.4 Å². The van der Waals surface area contributed by atoms with Gasteiger partial charge in [-0.15, -0.1) is 0 Å². The maximum Gasteiger partial charge on any atom is 0.258 e. The van der Waals surface area contributed by atoms with Crippen molar-refractivity contribution in [2.45, 2.75) is 117 Å². The summed E-state index contributed by atoms with van der Waals surface area (Å²) in [7, 11) is 0. The Morgan fingerprint density at radius 2 is 1.05 bits per heavy atom. The molecule has 2 fully saturated rings. The van der Waals surface area contributed by atoms with Crippen molar-refractivity contribution in [2.75, 3.05) is 0 Å². The van der Waals surface area contributed by atoms with Crippen molar-refractivity contribution in [1.82, 2.24) is 39.0 Å². The lowest BCUT2D eigenvalue weighted by Crippen LogP contribution is -2.27. The second-order valence-corrected chi connectivity index (χ2v) is 17.3. The Morgan fingerprint density at radius 1 is 0.645 bits per heavy atom. The monoisotopic (exact) mass is 888 g/mol. The summed E-state index contributed by atoms with van der Waals surface area (Å²) in [6, 6.07) is 7.89. The maximum absolute atomic E-state index is 13.9. The summed E-state index contributed by atoms with van der Waals surface area (Å²) in [6.45, 7) is 8.81. The number of aliphatic hydroxyl groups excluding tert-OH is 2. The van der Waals surface area contributed by atoms with E-state index in [-0.39, 0.29) is 35.5 Å². The summed E-state index contributed by atoms with van der Waals surface area (Å²) in [6.07, 6.45) is 2.26. The molecular weight excluding hydrogens is 845 g/mol. The third-order valence-electron chi connectivity index (χ3n) is 12.1. The van der Waals surface area contributed by atoms with Gasteiger partial charge in [0, 0.05) is 36.1 Å². The van der Waals surface area contributed by atoms with Crippen LogP contribution >= 0.6 is 23.2 Å². The molecule has 0 radical (unpaired) electrons. The number of benzene rings is 2. The van der Waals surface area contributed by atoms with Crippen molar-refractivity contribution < 1.29 is 38.1 Å². The molecule has 10 rings (SSSR count). The predicted octanol–water partition coefficient (Wildman–Crippen LogP) is 7.17. The van der Waals surface area contributed by atoms with E-state index < -0.39 is 23.8 Å². The van der Waals surface area contributed by atoms with Gasteiger partial charge >= 0.3 is 0 Å². The van der Waals surface area contributed by atoms with Crippen LogP contribution in [0.2, 0.25) is 10.0 Å². The van der Waals surface area contributed by atoms with E-state index in [1.807, 2.05) is 27.7 Å². The number of halogens is 4. The minimum absolute atomic E-state index is 0.208. The lowest BCUT2D eigenvalue weighted by molar-refractivity contribution is 0.0733. The van der Waals surface area contributed by atoms with Crippen LogP contribution in [0.25, 0.3) is 11.3 Å². The zero-order valence-corrected chi connectivity index (χ0v) is 36.0. The lowest BCUT2D eigenvalue weighted by Gasteiger charge is -2.20. The van der Waals surface area contributed by atoms with Gasteiger partial charge in [0.25, 0.3) is 11.8 Å². The predicted molar refractivity (Wildman–Crippen MR) is 223 cm³/mol. The summed E-state index contributed by atoms with van der Waals surface area (Å²) < 4.78 is 43.1. The normalized spacial score (nSPS) is 20.5. The van der Waals surface area contributed by atoms with Gasteiger partial charge in [0.15, 0.2) is 11.3 Å². The molecule has 14 nitrogen and oxygen atoms in total. The topological polar surface area (TPSA) is 160 Å². The Hall–Kier alpha value is -5.42. The number of aryl methyl sites for hydroxylation is 4. The van der Waals surface area contributed by atoms with Gasteiger partial charge < -0.3 is 29.5 Å². The first-order valence-corrected chi connectivity index (χ1v) is 21.3. The molecule has 6 heterocycles. The molecule has 2 amide bonds. The molecule has 2 aliphatic heterocycles. The first-order chi connectivity index (χ1) is 29.6. The van der Waals surface area contributed by atoms with Crippen LogP contribution in [-0.2, 0) is 26.2 Å². The molecule has 18 heteroatoms. The highest BCUT2D eigenvalue weighted by atomic mass is 35.5. The van der Waals surface area contributed by atoms with Crippen molar-refractivity contribution in [3.63, 3.8) is 0 Å². The largest absolute Gasteiger partial charge is 0.489 e. The summed E-state index contributed by atoms with van der Waals surface area (Å²) in [5.74, 6) is -1.04. The van der Waals surface area contributed by atoms with Crippen molar-refractivity contribution in [3.8, 4) is 11.5 Å². The second kappa shape index (κ2) is 16.4. The van der Waals surface area contributed by atoms with Crippen LogP contribution in [0.15, 0.2) is 36.4 Å². The number of aromatic nitrogens is 6. The molecule has 324 valence electrons. The summed E-state index contributed by atoms with van der Waals surface area (Å²) in [5, 5.41) is 29.9. The van der Waals surface area contributed by atoms with Crippen molar-refractivity contribution in [3.05, 3.63) is 114 Å². The fourth-order valence-corrected chi connectivity index (χ4v) is 9.05. The number of hydrogen-bond acceptors (Lipinski definition) is 10. The summed E-state index contributed by atoms with van der Waals surface area (Å²) in [4.78, 5) is 39.1. The Bertz CT molecular complexity index is 2610. The molecule has 2 N–H and O–H groups in total. The van der Waals surface area contributed by atoms with Gasteiger partial charge in [-0.1, -0.05) is 23.2 Å². The zero-order chi connectivity index (χ0) is 43.7. The molecule has 2 saturated carbocycles. The molecular formula is C44H44Cl2F2N8O6. The SMILES string of the molecule is Cc1nc2c3c(nn2c(C)c1Cl)CN(C(=O)c1ccc(F)cc1O[C@@H]1CC[C@@H](O)C1)C3.Cc1nc2c3c(nn2c(C)c1Cl)CN(C(=O)c1ccc(F)cc1O[C@@H]1CC[C@H](O)C1)C3. The van der Waals surface area contributed by atoms with Gasteiger partial charge in [-0.25, -0.2) is 27.8 Å². The molecule has 2 aromatic carbocycles. The number of carbonyl (C=O) groups is 2. The smallest absolute Gasteiger partial charge is 0.258 e. The van der Waals surface area contributed by atoms with Crippen LogP contribution in [0, 0.1) is 39.3 Å². The Morgan fingerprint density at radius 3 is 1.42 bits per heavy atom. The minimum Gasteiger partial charge on any atom is -0.489 e. The summed E-state index contributed by atoms with van der Waals surface area (Å²) in [5.41, 5.74) is 8.36. The first kappa shape index (κ1) is 41.9. The van der Waals surface area contributed by atoms with Crippen LogP contribution in [0.3, 0.4) is 0 Å². The molecule has 0 bridgehead atoms. The standard InChI is InChI=1S/2C22H22ClFN4O3/c2*1-11-20(23)12(2)28-21(25-11)17-9-27(10-18(17)26-28)22(30)16-6-3-13(24)7-19(16)31-15-5-4-14(29)8-15/h2*3,6-7,14-15,29H,4-5,8-10H2,1-2H3/t14-,15+;14-,15-/m01/s1. The first-order valence-electron chi connectivity index (χ1n) is 20.6. The van der Waals surface area contributed by atoms with Crippen LogP contribution in [-0.4, -0.2) is 85.4 Å². The van der Waals surface area contributed by atoms with Crippen molar-refractivity contribution >= 4 is 46.3 Å². The van der Waals surface area contributed by atoms with Gasteiger partial charge in [0.2, 0.25) is 0 Å². The molecule has 0 spiro atoms. The van der Waals surface area contributed by atoms with E-state index in [0.29, 0.717) is 109 Å². The number of nitrogens with zero attached hydrogens (tertiary/aromatic N) is 8. The molecule has 0 unspecified atom stereocenters. The van der Waals surface area contributed by atoms with E-state index in [9.17, 15) is 28.6 Å². The van der Waals surface area contributed by atoms with Crippen molar-refractivity contribution in [1.29, 1.82) is 0 Å². The van der Waals surface area contributed by atoms with Crippen LogP contribution in [0.5, 0.6) is 11.5 Å². The molecule has 4 aromatic heterocycles. The molecule has 2 aliphatic carbocycles. The van der Waals surface area contributed by atoms with Gasteiger partial charge in [-0.05, 0) is 77.6 Å². The third-order valence-corrected chi connectivity index (χ3v) is 13.2. The second-order valence-electron chi connectivity index (χ2n) is 16.5. The molecule has 4 atom stereocenters. The fourth-order valence-electron chi connectivity index (χ4n) is 8.80. The number of ether oxygens (including phenoxy) is 2.